The fourth-order valence-corrected chi connectivity index (χ4v) is 1.43. The number of alkyl halides is 3. The SMILES string of the molecule is COC(=O)c1c(C(F)(F)F)ccc2nncn12. The van der Waals surface area contributed by atoms with Gasteiger partial charge in [-0.1, -0.05) is 0 Å². The van der Waals surface area contributed by atoms with Crippen LogP contribution in [0.25, 0.3) is 5.65 Å². The van der Waals surface area contributed by atoms with E-state index in [0.717, 1.165) is 30.0 Å². The van der Waals surface area contributed by atoms with E-state index < -0.39 is 23.4 Å². The highest BCUT2D eigenvalue weighted by molar-refractivity contribution is 5.90. The molecule has 0 spiro atoms. The molecule has 0 amide bonds. The summed E-state index contributed by atoms with van der Waals surface area (Å²) >= 11 is 0. The van der Waals surface area contributed by atoms with E-state index >= 15 is 0 Å². The summed E-state index contributed by atoms with van der Waals surface area (Å²) in [6, 6.07) is 1.90. The van der Waals surface area contributed by atoms with Crippen molar-refractivity contribution in [1.82, 2.24) is 14.6 Å². The first-order valence-corrected chi connectivity index (χ1v) is 4.43. The quantitative estimate of drug-likeness (QED) is 0.715. The number of hydrogen-bond donors (Lipinski definition) is 0. The van der Waals surface area contributed by atoms with Crippen LogP contribution in [-0.4, -0.2) is 27.7 Å². The van der Waals surface area contributed by atoms with Crippen molar-refractivity contribution in [2.24, 2.45) is 0 Å². The zero-order chi connectivity index (χ0) is 12.6. The van der Waals surface area contributed by atoms with Crippen LogP contribution in [0.2, 0.25) is 0 Å². The maximum atomic E-state index is 12.7. The Morgan fingerprint density at radius 3 is 2.71 bits per heavy atom. The highest BCUT2D eigenvalue weighted by Crippen LogP contribution is 2.32. The van der Waals surface area contributed by atoms with Crippen molar-refractivity contribution in [2.45, 2.75) is 6.18 Å². The van der Waals surface area contributed by atoms with Crippen LogP contribution in [0.15, 0.2) is 18.5 Å². The smallest absolute Gasteiger partial charge is 0.418 e. The van der Waals surface area contributed by atoms with Crippen LogP contribution in [0.1, 0.15) is 16.1 Å². The number of aromatic nitrogens is 3. The third kappa shape index (κ3) is 1.81. The minimum absolute atomic E-state index is 0.137. The van der Waals surface area contributed by atoms with E-state index in [0.29, 0.717) is 0 Å². The molecule has 2 aromatic rings. The van der Waals surface area contributed by atoms with Gasteiger partial charge in [-0.15, -0.1) is 10.2 Å². The molecular weight excluding hydrogens is 239 g/mol. The maximum absolute atomic E-state index is 12.7. The van der Waals surface area contributed by atoms with Crippen LogP contribution >= 0.6 is 0 Å². The predicted molar refractivity (Wildman–Crippen MR) is 49.3 cm³/mol. The van der Waals surface area contributed by atoms with Gasteiger partial charge in [-0.25, -0.2) is 4.79 Å². The van der Waals surface area contributed by atoms with E-state index in [-0.39, 0.29) is 5.65 Å². The normalized spacial score (nSPS) is 11.8. The van der Waals surface area contributed by atoms with Gasteiger partial charge in [0.05, 0.1) is 12.7 Å². The highest BCUT2D eigenvalue weighted by Gasteiger charge is 2.37. The molecule has 0 aliphatic heterocycles. The van der Waals surface area contributed by atoms with Crippen LogP contribution in [0, 0.1) is 0 Å². The Hall–Kier alpha value is -2.12. The number of carbonyl (C=O) groups excluding carboxylic acids is 1. The van der Waals surface area contributed by atoms with Gasteiger partial charge in [0.15, 0.2) is 5.65 Å². The van der Waals surface area contributed by atoms with Gasteiger partial charge in [0.2, 0.25) is 0 Å². The Bertz CT molecular complexity index is 576. The molecule has 0 unspecified atom stereocenters. The van der Waals surface area contributed by atoms with E-state index in [4.69, 9.17) is 0 Å². The van der Waals surface area contributed by atoms with Crippen molar-refractivity contribution in [3.05, 3.63) is 29.7 Å². The Kier molecular flexibility index (Phi) is 2.49. The van der Waals surface area contributed by atoms with Crippen molar-refractivity contribution >= 4 is 11.6 Å². The number of fused-ring (bicyclic) bond motifs is 1. The topological polar surface area (TPSA) is 56.5 Å². The van der Waals surface area contributed by atoms with E-state index in [1.807, 2.05) is 0 Å². The highest BCUT2D eigenvalue weighted by atomic mass is 19.4. The van der Waals surface area contributed by atoms with Gasteiger partial charge in [-0.2, -0.15) is 13.2 Å². The molecule has 0 aromatic carbocycles. The average molecular weight is 245 g/mol. The van der Waals surface area contributed by atoms with Gasteiger partial charge in [0.1, 0.15) is 12.0 Å². The number of methoxy groups -OCH3 is 1. The van der Waals surface area contributed by atoms with Gasteiger partial charge < -0.3 is 4.74 Å². The molecule has 0 aliphatic rings. The summed E-state index contributed by atoms with van der Waals surface area (Å²) in [5.74, 6) is -1.09. The van der Waals surface area contributed by atoms with E-state index in [2.05, 4.69) is 14.9 Å². The number of esters is 1. The van der Waals surface area contributed by atoms with E-state index in [9.17, 15) is 18.0 Å². The molecule has 0 saturated carbocycles. The van der Waals surface area contributed by atoms with Crippen molar-refractivity contribution in [3.8, 4) is 0 Å². The number of hydrogen-bond acceptors (Lipinski definition) is 4. The van der Waals surface area contributed by atoms with Gasteiger partial charge in [0, 0.05) is 0 Å². The minimum Gasteiger partial charge on any atom is -0.464 e. The summed E-state index contributed by atoms with van der Waals surface area (Å²) < 4.78 is 43.4. The number of pyridine rings is 1. The van der Waals surface area contributed by atoms with Crippen molar-refractivity contribution in [2.75, 3.05) is 7.11 Å². The summed E-state index contributed by atoms with van der Waals surface area (Å²) in [4.78, 5) is 11.4. The van der Waals surface area contributed by atoms with Crippen molar-refractivity contribution in [1.29, 1.82) is 0 Å². The summed E-state index contributed by atoms with van der Waals surface area (Å²) in [6.45, 7) is 0. The maximum Gasteiger partial charge on any atom is 0.418 e. The van der Waals surface area contributed by atoms with Crippen LogP contribution in [0.5, 0.6) is 0 Å². The van der Waals surface area contributed by atoms with E-state index in [1.165, 1.54) is 0 Å². The molecule has 0 aliphatic carbocycles. The average Bonchev–Trinajstić information content (AvgIpc) is 2.73. The van der Waals surface area contributed by atoms with Gasteiger partial charge in [-0.3, -0.25) is 4.40 Å². The molecule has 0 N–H and O–H groups in total. The summed E-state index contributed by atoms with van der Waals surface area (Å²) in [5, 5.41) is 7.00. The molecule has 17 heavy (non-hydrogen) atoms. The molecule has 90 valence electrons. The molecule has 8 heteroatoms. The first-order chi connectivity index (χ1) is 7.95. The fourth-order valence-electron chi connectivity index (χ4n) is 1.43. The lowest BCUT2D eigenvalue weighted by atomic mass is 10.2. The van der Waals surface area contributed by atoms with Crippen molar-refractivity contribution in [3.63, 3.8) is 0 Å². The van der Waals surface area contributed by atoms with E-state index in [1.54, 1.807) is 0 Å². The van der Waals surface area contributed by atoms with Gasteiger partial charge in [-0.05, 0) is 12.1 Å². The van der Waals surface area contributed by atoms with Gasteiger partial charge in [0.25, 0.3) is 0 Å². The van der Waals surface area contributed by atoms with Crippen LogP contribution in [0.3, 0.4) is 0 Å². The molecule has 2 rings (SSSR count). The second-order valence-electron chi connectivity index (χ2n) is 3.14. The lowest BCUT2D eigenvalue weighted by molar-refractivity contribution is -0.138. The third-order valence-electron chi connectivity index (χ3n) is 2.15. The molecule has 0 atom stereocenters. The molecule has 2 heterocycles. The van der Waals surface area contributed by atoms with Gasteiger partial charge >= 0.3 is 12.1 Å². The summed E-state index contributed by atoms with van der Waals surface area (Å²) in [5.41, 5.74) is -1.59. The third-order valence-corrected chi connectivity index (χ3v) is 2.15. The second kappa shape index (κ2) is 3.72. The lowest BCUT2D eigenvalue weighted by Gasteiger charge is -2.12. The fraction of sp³-hybridized carbons (Fsp3) is 0.222. The molecule has 0 bridgehead atoms. The lowest BCUT2D eigenvalue weighted by Crippen LogP contribution is -2.18. The van der Waals surface area contributed by atoms with Crippen molar-refractivity contribution < 1.29 is 22.7 Å². The zero-order valence-electron chi connectivity index (χ0n) is 8.52. The predicted octanol–water partition coefficient (Wildman–Crippen LogP) is 1.53. The Balaban J connectivity index is 2.79. The van der Waals surface area contributed by atoms with Crippen LogP contribution in [0.4, 0.5) is 13.2 Å². The first-order valence-electron chi connectivity index (χ1n) is 4.43. The molecule has 0 fully saturated rings. The molecule has 0 saturated heterocycles. The Labute approximate surface area is 92.8 Å². The number of ether oxygens (including phenoxy) is 1. The Morgan fingerprint density at radius 1 is 1.41 bits per heavy atom. The molecule has 0 radical (unpaired) electrons. The summed E-state index contributed by atoms with van der Waals surface area (Å²) in [7, 11) is 1.01. The first kappa shape index (κ1) is 11.4. The number of nitrogens with zero attached hydrogens (tertiary/aromatic N) is 3. The standard InChI is InChI=1S/C9H6F3N3O2/c1-17-8(16)7-5(9(10,11)12)2-3-6-14-13-4-15(6)7/h2-4H,1H3. The van der Waals surface area contributed by atoms with Crippen LogP contribution in [-0.2, 0) is 10.9 Å². The monoisotopic (exact) mass is 245 g/mol. The zero-order valence-corrected chi connectivity index (χ0v) is 8.52. The summed E-state index contributed by atoms with van der Waals surface area (Å²) in [6.07, 6.45) is -3.63. The second-order valence-corrected chi connectivity index (χ2v) is 3.14. The molecule has 2 aromatic heterocycles. The number of carbonyl (C=O) groups is 1. The number of rotatable bonds is 1. The molecular formula is C9H6F3N3O2. The largest absolute Gasteiger partial charge is 0.464 e. The molecule has 5 nitrogen and oxygen atoms in total. The minimum atomic E-state index is -4.65. The number of halogens is 3. The van der Waals surface area contributed by atoms with Crippen LogP contribution < -0.4 is 0 Å². The Morgan fingerprint density at radius 2 is 2.12 bits per heavy atom.